The minimum absolute atomic E-state index is 0. The molecule has 0 aromatic heterocycles. The molecule has 0 saturated heterocycles. The number of benzene rings is 2. The summed E-state index contributed by atoms with van der Waals surface area (Å²) in [5, 5.41) is 0.281. The van der Waals surface area contributed by atoms with E-state index in [2.05, 4.69) is 0 Å². The molecule has 0 unspecified atom stereocenters. The first-order valence-corrected chi connectivity index (χ1v) is 7.46. The largest absolute Gasteiger partial charge is 1.00 e. The Hall–Kier alpha value is 1.79. The van der Waals surface area contributed by atoms with Gasteiger partial charge in [-0.05, 0) is 22.9 Å². The predicted octanol–water partition coefficient (Wildman–Crippen LogP) is -5.34. The number of rotatable bonds is 2. The van der Waals surface area contributed by atoms with Crippen LogP contribution in [0.25, 0.3) is 10.8 Å². The molecule has 0 spiro atoms. The van der Waals surface area contributed by atoms with Gasteiger partial charge in [0.1, 0.15) is 20.2 Å². The third kappa shape index (κ3) is 5.16. The van der Waals surface area contributed by atoms with Gasteiger partial charge >= 0.3 is 103 Å². The zero-order valence-electron chi connectivity index (χ0n) is 10.7. The maximum absolute atomic E-state index is 11.1. The average molecular weight is 364 g/mol. The first kappa shape index (κ1) is 21.8. The molecule has 2 aromatic rings. The van der Waals surface area contributed by atoms with Gasteiger partial charge in [-0.25, -0.2) is 16.8 Å². The molecule has 0 heterocycles. The van der Waals surface area contributed by atoms with Crippen molar-refractivity contribution in [1.29, 1.82) is 0 Å². The first-order chi connectivity index (χ1) is 8.19. The van der Waals surface area contributed by atoms with Crippen molar-refractivity contribution in [3.8, 4) is 0 Å². The van der Waals surface area contributed by atoms with E-state index < -0.39 is 30.0 Å². The van der Waals surface area contributed by atoms with E-state index in [9.17, 15) is 25.9 Å². The summed E-state index contributed by atoms with van der Waals surface area (Å²) >= 11 is 0. The van der Waals surface area contributed by atoms with Crippen molar-refractivity contribution < 1.29 is 129 Å². The Morgan fingerprint density at radius 1 is 0.800 bits per heavy atom. The Kier molecular flexibility index (Phi) is 8.78. The van der Waals surface area contributed by atoms with Crippen molar-refractivity contribution in [2.45, 2.75) is 9.79 Å². The summed E-state index contributed by atoms with van der Waals surface area (Å²) < 4.78 is 65.9. The van der Waals surface area contributed by atoms with E-state index in [4.69, 9.17) is 0 Å². The Balaban J connectivity index is 0.00000180. The fourth-order valence-corrected chi connectivity index (χ4v) is 2.93. The van der Waals surface area contributed by atoms with Gasteiger partial charge in [0.15, 0.2) is 0 Å². The van der Waals surface area contributed by atoms with Crippen molar-refractivity contribution in [2.24, 2.45) is 0 Å². The van der Waals surface area contributed by atoms with Crippen LogP contribution < -0.4 is 103 Å². The molecule has 0 aliphatic carbocycles. The summed E-state index contributed by atoms with van der Waals surface area (Å²) in [4.78, 5) is -1.45. The molecule has 0 aliphatic heterocycles. The topological polar surface area (TPSA) is 114 Å². The second-order valence-electron chi connectivity index (χ2n) is 3.55. The zero-order chi connectivity index (χ0) is 13.6. The fourth-order valence-electron chi connectivity index (χ4n) is 1.60. The second-order valence-corrected chi connectivity index (χ2v) is 6.28. The predicted molar refractivity (Wildman–Crippen MR) is 59.9 cm³/mol. The van der Waals surface area contributed by atoms with E-state index in [1.807, 2.05) is 0 Å². The molecule has 0 bridgehead atoms. The monoisotopic (exact) mass is 364 g/mol. The van der Waals surface area contributed by atoms with E-state index in [1.54, 1.807) is 0 Å². The van der Waals surface area contributed by atoms with Crippen LogP contribution in [0.4, 0.5) is 0 Å². The molecule has 0 fully saturated rings. The average Bonchev–Trinajstić information content (AvgIpc) is 2.25. The molecular weight excluding hydrogens is 358 g/mol. The van der Waals surface area contributed by atoms with Crippen molar-refractivity contribution in [3.63, 3.8) is 0 Å². The number of hydrogen-bond acceptors (Lipinski definition) is 6. The minimum atomic E-state index is -4.87. The van der Waals surface area contributed by atoms with Gasteiger partial charge in [-0.2, -0.15) is 0 Å². The molecule has 0 saturated carbocycles. The van der Waals surface area contributed by atoms with Crippen LogP contribution in [0.3, 0.4) is 0 Å². The fraction of sp³-hybridized carbons (Fsp3) is 0. The molecule has 6 nitrogen and oxygen atoms in total. The summed E-state index contributed by atoms with van der Waals surface area (Å²) in [6.45, 7) is 0. The van der Waals surface area contributed by atoms with Gasteiger partial charge in [0.25, 0.3) is 0 Å². The van der Waals surface area contributed by atoms with Crippen LogP contribution in [-0.2, 0) is 20.2 Å². The van der Waals surface area contributed by atoms with E-state index in [-0.39, 0.29) is 114 Å². The molecular formula is C10H6K2O6S2. The number of hydrogen-bond donors (Lipinski definition) is 0. The smallest absolute Gasteiger partial charge is 0.744 e. The molecule has 20 heavy (non-hydrogen) atoms. The van der Waals surface area contributed by atoms with Crippen LogP contribution >= 0.6 is 0 Å². The van der Waals surface area contributed by atoms with Gasteiger partial charge in [-0.3, -0.25) is 0 Å². The summed E-state index contributed by atoms with van der Waals surface area (Å²) in [6, 6.07) is 7.44. The Bertz CT molecular complexity index is 830. The zero-order valence-corrected chi connectivity index (χ0v) is 18.6. The van der Waals surface area contributed by atoms with E-state index in [0.29, 0.717) is 6.07 Å². The summed E-state index contributed by atoms with van der Waals surface area (Å²) in [5.74, 6) is 0. The summed E-state index contributed by atoms with van der Waals surface area (Å²) in [7, 11) is -9.70. The quantitative estimate of drug-likeness (QED) is 0.388. The number of fused-ring (bicyclic) bond motifs is 1. The first-order valence-electron chi connectivity index (χ1n) is 4.64. The molecule has 0 amide bonds. The SMILES string of the molecule is O=S(=O)([O-])c1cc(S(=O)(=O)[O-])c2ccccc2c1.[K+].[K+]. The molecule has 96 valence electrons. The van der Waals surface area contributed by atoms with E-state index >= 15 is 0 Å². The van der Waals surface area contributed by atoms with Crippen molar-refractivity contribution in [2.75, 3.05) is 0 Å². The summed E-state index contributed by atoms with van der Waals surface area (Å²) in [6.07, 6.45) is 0. The molecule has 0 aliphatic rings. The maximum Gasteiger partial charge on any atom is 1.00 e. The van der Waals surface area contributed by atoms with Crippen LogP contribution in [0.5, 0.6) is 0 Å². The Morgan fingerprint density at radius 3 is 1.85 bits per heavy atom. The molecule has 0 atom stereocenters. The van der Waals surface area contributed by atoms with Gasteiger partial charge in [0.05, 0.1) is 9.79 Å². The van der Waals surface area contributed by atoms with Crippen LogP contribution in [0.2, 0.25) is 0 Å². The van der Waals surface area contributed by atoms with Gasteiger partial charge in [0, 0.05) is 0 Å². The van der Waals surface area contributed by atoms with Crippen molar-refractivity contribution in [1.82, 2.24) is 0 Å². The van der Waals surface area contributed by atoms with Gasteiger partial charge < -0.3 is 9.11 Å². The normalized spacial score (nSPS) is 11.5. The van der Waals surface area contributed by atoms with Crippen LogP contribution in [-0.4, -0.2) is 25.9 Å². The Labute approximate surface area is 201 Å². The second kappa shape index (κ2) is 8.06. The van der Waals surface area contributed by atoms with Gasteiger partial charge in [-0.1, -0.05) is 24.3 Å². The third-order valence-electron chi connectivity index (χ3n) is 2.36. The standard InChI is InChI=1S/C10H8O6S2.2K/c11-17(12,13)8-5-7-3-1-2-4-9(7)10(6-8)18(14,15)16;;/h1-6H,(H,11,12,13)(H,14,15,16);;/q;2*+1/p-2. The van der Waals surface area contributed by atoms with Crippen molar-refractivity contribution >= 4 is 31.0 Å². The van der Waals surface area contributed by atoms with Crippen LogP contribution in [0.15, 0.2) is 46.2 Å². The van der Waals surface area contributed by atoms with E-state index in [1.165, 1.54) is 24.3 Å². The summed E-state index contributed by atoms with van der Waals surface area (Å²) in [5.41, 5.74) is 0. The molecule has 0 radical (unpaired) electrons. The van der Waals surface area contributed by atoms with Gasteiger partial charge in [-0.15, -0.1) is 0 Å². The maximum atomic E-state index is 11.1. The molecule has 10 heteroatoms. The van der Waals surface area contributed by atoms with Crippen molar-refractivity contribution in [3.05, 3.63) is 36.4 Å². The van der Waals surface area contributed by atoms with Gasteiger partial charge in [0.2, 0.25) is 0 Å². The molecule has 2 aromatic carbocycles. The molecule has 0 N–H and O–H groups in total. The Morgan fingerprint density at radius 2 is 1.35 bits per heavy atom. The van der Waals surface area contributed by atoms with Crippen LogP contribution in [0.1, 0.15) is 0 Å². The third-order valence-corrected chi connectivity index (χ3v) is 4.04. The van der Waals surface area contributed by atoms with E-state index in [0.717, 1.165) is 6.07 Å². The molecule has 2 rings (SSSR count). The minimum Gasteiger partial charge on any atom is -0.744 e. The van der Waals surface area contributed by atoms with Crippen LogP contribution in [0, 0.1) is 0 Å².